The molecule has 1 aromatic carbocycles. The largest absolute Gasteiger partial charge is 0.314 e. The molecule has 0 aliphatic carbocycles. The second-order valence-electron chi connectivity index (χ2n) is 6.54. The predicted molar refractivity (Wildman–Crippen MR) is 92.1 cm³/mol. The molecule has 0 saturated carbocycles. The van der Waals surface area contributed by atoms with E-state index in [9.17, 15) is 0 Å². The number of rotatable bonds is 5. The lowest BCUT2D eigenvalue weighted by molar-refractivity contribution is 0.171. The van der Waals surface area contributed by atoms with Gasteiger partial charge in [-0.05, 0) is 70.3 Å². The minimum Gasteiger partial charge on any atom is -0.314 e. The van der Waals surface area contributed by atoms with Crippen LogP contribution >= 0.6 is 11.8 Å². The number of hydrogen-bond acceptors (Lipinski definition) is 3. The van der Waals surface area contributed by atoms with E-state index >= 15 is 0 Å². The fourth-order valence-electron chi connectivity index (χ4n) is 3.62. The Morgan fingerprint density at radius 3 is 2.57 bits per heavy atom. The quantitative estimate of drug-likeness (QED) is 0.838. The van der Waals surface area contributed by atoms with E-state index < -0.39 is 0 Å². The molecular formula is C18H28N2S. The molecule has 2 saturated heterocycles. The highest BCUT2D eigenvalue weighted by Crippen LogP contribution is 2.26. The van der Waals surface area contributed by atoms with Gasteiger partial charge >= 0.3 is 0 Å². The topological polar surface area (TPSA) is 15.3 Å². The number of thioether (sulfide) groups is 1. The average molecular weight is 305 g/mol. The fourth-order valence-corrected chi connectivity index (χ4v) is 4.53. The summed E-state index contributed by atoms with van der Waals surface area (Å²) in [6, 6.07) is 9.75. The van der Waals surface area contributed by atoms with E-state index in [-0.39, 0.29) is 0 Å². The SMILES string of the molecule is Cc1ccc(SCCN2CCC(C3CCCN3)CC2)cc1. The van der Waals surface area contributed by atoms with Crippen LogP contribution in [0.25, 0.3) is 0 Å². The summed E-state index contributed by atoms with van der Waals surface area (Å²) < 4.78 is 0. The van der Waals surface area contributed by atoms with Gasteiger partial charge in [0.05, 0.1) is 0 Å². The third kappa shape index (κ3) is 4.48. The van der Waals surface area contributed by atoms with Gasteiger partial charge in [0, 0.05) is 23.2 Å². The summed E-state index contributed by atoms with van der Waals surface area (Å²) in [4.78, 5) is 4.07. The van der Waals surface area contributed by atoms with Gasteiger partial charge in [0.25, 0.3) is 0 Å². The van der Waals surface area contributed by atoms with Gasteiger partial charge in [-0.25, -0.2) is 0 Å². The number of piperidine rings is 1. The van der Waals surface area contributed by atoms with Crippen molar-refractivity contribution in [3.05, 3.63) is 29.8 Å². The van der Waals surface area contributed by atoms with Crippen molar-refractivity contribution < 1.29 is 0 Å². The van der Waals surface area contributed by atoms with Crippen molar-refractivity contribution in [2.45, 2.75) is 43.5 Å². The molecule has 2 fully saturated rings. The molecule has 116 valence electrons. The van der Waals surface area contributed by atoms with Crippen LogP contribution in [0.5, 0.6) is 0 Å². The van der Waals surface area contributed by atoms with Gasteiger partial charge in [-0.15, -0.1) is 11.8 Å². The Hall–Kier alpha value is -0.510. The number of benzene rings is 1. The van der Waals surface area contributed by atoms with Gasteiger partial charge in [0.15, 0.2) is 0 Å². The Labute approximate surface area is 133 Å². The molecular weight excluding hydrogens is 276 g/mol. The van der Waals surface area contributed by atoms with Crippen LogP contribution in [-0.2, 0) is 0 Å². The average Bonchev–Trinajstić information content (AvgIpc) is 3.04. The molecule has 0 amide bonds. The van der Waals surface area contributed by atoms with Crippen molar-refractivity contribution in [3.63, 3.8) is 0 Å². The molecule has 21 heavy (non-hydrogen) atoms. The van der Waals surface area contributed by atoms with Crippen LogP contribution in [0.15, 0.2) is 29.2 Å². The molecule has 1 atom stereocenters. The summed E-state index contributed by atoms with van der Waals surface area (Å²) in [5.74, 6) is 2.16. The Balaban J connectivity index is 1.34. The third-order valence-electron chi connectivity index (χ3n) is 5.00. The van der Waals surface area contributed by atoms with Gasteiger partial charge in [0.1, 0.15) is 0 Å². The zero-order valence-electron chi connectivity index (χ0n) is 13.2. The van der Waals surface area contributed by atoms with Crippen LogP contribution in [0.3, 0.4) is 0 Å². The van der Waals surface area contributed by atoms with Gasteiger partial charge in [-0.2, -0.15) is 0 Å². The standard InChI is InChI=1S/C18H28N2S/c1-15-4-6-17(7-5-15)21-14-13-20-11-8-16(9-12-20)18-3-2-10-19-18/h4-7,16,18-19H,2-3,8-14H2,1H3. The number of aryl methyl sites for hydroxylation is 1. The zero-order valence-corrected chi connectivity index (χ0v) is 14.0. The molecule has 0 spiro atoms. The van der Waals surface area contributed by atoms with Gasteiger partial charge in [-0.1, -0.05) is 17.7 Å². The van der Waals surface area contributed by atoms with Gasteiger partial charge < -0.3 is 10.2 Å². The predicted octanol–water partition coefficient (Wildman–Crippen LogP) is 3.55. The fraction of sp³-hybridized carbons (Fsp3) is 0.667. The lowest BCUT2D eigenvalue weighted by Crippen LogP contribution is -2.41. The Morgan fingerprint density at radius 1 is 1.14 bits per heavy atom. The summed E-state index contributed by atoms with van der Waals surface area (Å²) >= 11 is 1.99. The summed E-state index contributed by atoms with van der Waals surface area (Å²) in [6.07, 6.45) is 5.59. The molecule has 1 unspecified atom stereocenters. The minimum atomic E-state index is 0.828. The Bertz CT molecular complexity index is 417. The third-order valence-corrected chi connectivity index (χ3v) is 5.99. The van der Waals surface area contributed by atoms with Crippen molar-refractivity contribution in [2.75, 3.05) is 31.9 Å². The summed E-state index contributed by atoms with van der Waals surface area (Å²) in [6.45, 7) is 7.24. The van der Waals surface area contributed by atoms with Gasteiger partial charge in [0.2, 0.25) is 0 Å². The minimum absolute atomic E-state index is 0.828. The first-order valence-electron chi connectivity index (χ1n) is 8.46. The lowest BCUT2D eigenvalue weighted by Gasteiger charge is -2.34. The molecule has 3 heteroatoms. The highest BCUT2D eigenvalue weighted by molar-refractivity contribution is 7.99. The zero-order chi connectivity index (χ0) is 14.5. The smallest absolute Gasteiger partial charge is 0.0108 e. The molecule has 2 aliphatic heterocycles. The molecule has 1 aromatic rings. The van der Waals surface area contributed by atoms with E-state index in [2.05, 4.69) is 41.4 Å². The first-order valence-corrected chi connectivity index (χ1v) is 9.45. The molecule has 0 aromatic heterocycles. The van der Waals surface area contributed by atoms with Crippen LogP contribution in [0.4, 0.5) is 0 Å². The van der Waals surface area contributed by atoms with Crippen molar-refractivity contribution in [2.24, 2.45) is 5.92 Å². The lowest BCUT2D eigenvalue weighted by atomic mass is 9.88. The van der Waals surface area contributed by atoms with Crippen LogP contribution in [0.1, 0.15) is 31.2 Å². The van der Waals surface area contributed by atoms with Crippen molar-refractivity contribution in [1.29, 1.82) is 0 Å². The second kappa shape index (κ2) is 7.66. The molecule has 1 N–H and O–H groups in total. The van der Waals surface area contributed by atoms with Crippen molar-refractivity contribution in [3.8, 4) is 0 Å². The number of nitrogens with one attached hydrogen (secondary N) is 1. The Kier molecular flexibility index (Phi) is 5.61. The number of nitrogens with zero attached hydrogens (tertiary/aromatic N) is 1. The van der Waals surface area contributed by atoms with Crippen LogP contribution < -0.4 is 5.32 Å². The summed E-state index contributed by atoms with van der Waals surface area (Å²) in [5, 5.41) is 3.69. The molecule has 0 radical (unpaired) electrons. The first-order chi connectivity index (χ1) is 10.3. The summed E-state index contributed by atoms with van der Waals surface area (Å²) in [5.41, 5.74) is 1.35. The second-order valence-corrected chi connectivity index (χ2v) is 7.71. The maximum absolute atomic E-state index is 3.69. The molecule has 3 rings (SSSR count). The molecule has 2 nitrogen and oxygen atoms in total. The monoisotopic (exact) mass is 304 g/mol. The number of likely N-dealkylation sites (tertiary alicyclic amines) is 1. The highest BCUT2D eigenvalue weighted by atomic mass is 32.2. The first kappa shape index (κ1) is 15.4. The van der Waals surface area contributed by atoms with Crippen LogP contribution in [-0.4, -0.2) is 42.9 Å². The van der Waals surface area contributed by atoms with E-state index in [4.69, 9.17) is 0 Å². The Morgan fingerprint density at radius 2 is 1.90 bits per heavy atom. The van der Waals surface area contributed by atoms with Crippen molar-refractivity contribution in [1.82, 2.24) is 10.2 Å². The summed E-state index contributed by atoms with van der Waals surface area (Å²) in [7, 11) is 0. The van der Waals surface area contributed by atoms with E-state index in [0.717, 1.165) is 12.0 Å². The van der Waals surface area contributed by atoms with Crippen LogP contribution in [0, 0.1) is 12.8 Å². The van der Waals surface area contributed by atoms with E-state index in [1.807, 2.05) is 11.8 Å². The normalized spacial score (nSPS) is 24.5. The molecule has 2 heterocycles. The van der Waals surface area contributed by atoms with Crippen LogP contribution in [0.2, 0.25) is 0 Å². The highest BCUT2D eigenvalue weighted by Gasteiger charge is 2.27. The molecule has 0 bridgehead atoms. The van der Waals surface area contributed by atoms with E-state index in [1.165, 1.54) is 68.1 Å². The van der Waals surface area contributed by atoms with Gasteiger partial charge in [-0.3, -0.25) is 0 Å². The van der Waals surface area contributed by atoms with E-state index in [0.29, 0.717) is 0 Å². The maximum atomic E-state index is 3.69. The number of hydrogen-bond donors (Lipinski definition) is 1. The van der Waals surface area contributed by atoms with Crippen molar-refractivity contribution >= 4 is 11.8 Å². The maximum Gasteiger partial charge on any atom is 0.0108 e. The molecule has 2 aliphatic rings. The van der Waals surface area contributed by atoms with E-state index in [1.54, 1.807) is 0 Å².